The van der Waals surface area contributed by atoms with Crippen LogP contribution in [0.1, 0.15) is 46.5 Å². The second-order valence-corrected chi connectivity index (χ2v) is 11.4. The van der Waals surface area contributed by atoms with E-state index >= 15 is 0 Å². The topological polar surface area (TPSA) is 53.1 Å². The molecule has 5 rings (SSSR count). The number of nitrogens with zero attached hydrogens (tertiary/aromatic N) is 3. The fraction of sp³-hybridized carbons (Fsp3) is 0.419. The molecule has 38 heavy (non-hydrogen) atoms. The van der Waals surface area contributed by atoms with Crippen molar-refractivity contribution in [2.75, 3.05) is 39.3 Å². The standard InChI is InChI=1S/C31H37N3O3S/c1-23-8-10-26(11-9-23)31-27-14-19-38-28(27)12-15-32(31)16-13-29(35)33-17-18-34(24(2)20-33)30(36)22-37-21-25-6-4-3-5-7-25/h3-11,14,19,24,31H,12-13,15-18,20-22H2,1-2H3/t24-,31+/m1/s1. The Bertz CT molecular complexity index is 1230. The van der Waals surface area contributed by atoms with Gasteiger partial charge in [0, 0.05) is 50.1 Å². The van der Waals surface area contributed by atoms with E-state index < -0.39 is 0 Å². The van der Waals surface area contributed by atoms with Crippen molar-refractivity contribution in [3.8, 4) is 0 Å². The lowest BCUT2D eigenvalue weighted by atomic mass is 9.92. The summed E-state index contributed by atoms with van der Waals surface area (Å²) in [5.74, 6) is 0.157. The summed E-state index contributed by atoms with van der Waals surface area (Å²) in [6, 6.07) is 21.1. The van der Waals surface area contributed by atoms with Gasteiger partial charge in [-0.15, -0.1) is 11.3 Å². The maximum Gasteiger partial charge on any atom is 0.248 e. The summed E-state index contributed by atoms with van der Waals surface area (Å²) in [5.41, 5.74) is 4.98. The van der Waals surface area contributed by atoms with E-state index in [1.165, 1.54) is 21.6 Å². The summed E-state index contributed by atoms with van der Waals surface area (Å²) in [4.78, 5) is 33.7. The maximum atomic E-state index is 13.2. The second kappa shape index (κ2) is 12.2. The number of fused-ring (bicyclic) bond motifs is 1. The van der Waals surface area contributed by atoms with E-state index in [0.717, 1.165) is 25.1 Å². The number of piperazine rings is 1. The van der Waals surface area contributed by atoms with Gasteiger partial charge in [-0.05, 0) is 48.4 Å². The summed E-state index contributed by atoms with van der Waals surface area (Å²) in [5, 5.41) is 2.19. The summed E-state index contributed by atoms with van der Waals surface area (Å²) >= 11 is 1.84. The zero-order valence-electron chi connectivity index (χ0n) is 22.3. The molecule has 0 saturated carbocycles. The molecule has 1 saturated heterocycles. The van der Waals surface area contributed by atoms with Crippen LogP contribution >= 0.6 is 11.3 Å². The average molecular weight is 532 g/mol. The van der Waals surface area contributed by atoms with Crippen molar-refractivity contribution < 1.29 is 14.3 Å². The molecule has 3 heterocycles. The lowest BCUT2D eigenvalue weighted by Gasteiger charge is -2.40. The number of hydrogen-bond donors (Lipinski definition) is 0. The van der Waals surface area contributed by atoms with E-state index in [2.05, 4.69) is 47.5 Å². The fourth-order valence-electron chi connectivity index (χ4n) is 5.61. The van der Waals surface area contributed by atoms with Crippen LogP contribution in [0.5, 0.6) is 0 Å². The van der Waals surface area contributed by atoms with Crippen LogP contribution in [0, 0.1) is 6.92 Å². The number of hydrogen-bond acceptors (Lipinski definition) is 5. The molecule has 0 N–H and O–H groups in total. The molecular weight excluding hydrogens is 494 g/mol. The Balaban J connectivity index is 1.13. The zero-order chi connectivity index (χ0) is 26.5. The molecule has 2 aliphatic heterocycles. The van der Waals surface area contributed by atoms with Gasteiger partial charge in [0.05, 0.1) is 12.6 Å². The number of benzene rings is 2. The SMILES string of the molecule is Cc1ccc([C@H]2c3ccsc3CCN2CCC(=O)N2CCN(C(=O)COCc3ccccc3)[C@H](C)C2)cc1. The van der Waals surface area contributed by atoms with Gasteiger partial charge in [-0.3, -0.25) is 14.5 Å². The molecule has 0 aliphatic carbocycles. The molecule has 0 radical (unpaired) electrons. The van der Waals surface area contributed by atoms with Crippen LogP contribution in [0.4, 0.5) is 0 Å². The van der Waals surface area contributed by atoms with Crippen molar-refractivity contribution in [1.82, 2.24) is 14.7 Å². The number of carbonyl (C=O) groups excluding carboxylic acids is 2. The molecule has 200 valence electrons. The number of ether oxygens (including phenoxy) is 1. The Morgan fingerprint density at radius 2 is 1.76 bits per heavy atom. The van der Waals surface area contributed by atoms with E-state index in [0.29, 0.717) is 32.7 Å². The molecule has 1 fully saturated rings. The summed E-state index contributed by atoms with van der Waals surface area (Å²) < 4.78 is 5.66. The van der Waals surface area contributed by atoms with Crippen molar-refractivity contribution in [2.24, 2.45) is 0 Å². The van der Waals surface area contributed by atoms with Gasteiger partial charge in [0.1, 0.15) is 6.61 Å². The molecule has 2 atom stereocenters. The van der Waals surface area contributed by atoms with Crippen LogP contribution in [0.2, 0.25) is 0 Å². The molecule has 2 aliphatic rings. The van der Waals surface area contributed by atoms with Crippen molar-refractivity contribution in [2.45, 2.75) is 45.4 Å². The third-order valence-electron chi connectivity index (χ3n) is 7.71. The molecule has 0 spiro atoms. The summed E-state index contributed by atoms with van der Waals surface area (Å²) in [7, 11) is 0. The van der Waals surface area contributed by atoms with E-state index in [1.807, 2.05) is 58.4 Å². The molecule has 0 unspecified atom stereocenters. The molecule has 6 nitrogen and oxygen atoms in total. The van der Waals surface area contributed by atoms with Crippen LogP contribution in [0.15, 0.2) is 66.0 Å². The molecule has 0 bridgehead atoms. The Kier molecular flexibility index (Phi) is 8.57. The summed E-state index contributed by atoms with van der Waals surface area (Å²) in [6.07, 6.45) is 1.52. The Morgan fingerprint density at radius 3 is 2.53 bits per heavy atom. The number of thiophene rings is 1. The predicted molar refractivity (Wildman–Crippen MR) is 151 cm³/mol. The molecule has 1 aromatic heterocycles. The van der Waals surface area contributed by atoms with Crippen molar-refractivity contribution >= 4 is 23.2 Å². The highest BCUT2D eigenvalue weighted by Crippen LogP contribution is 2.37. The molecule has 2 amide bonds. The first-order valence-corrected chi connectivity index (χ1v) is 14.4. The predicted octanol–water partition coefficient (Wildman–Crippen LogP) is 4.67. The minimum atomic E-state index is -0.0239. The number of amides is 2. The average Bonchev–Trinajstić information content (AvgIpc) is 3.41. The minimum Gasteiger partial charge on any atom is -0.367 e. The van der Waals surface area contributed by atoms with Gasteiger partial charge in [0.2, 0.25) is 11.8 Å². The first kappa shape index (κ1) is 26.6. The summed E-state index contributed by atoms with van der Waals surface area (Å²) in [6.45, 7) is 8.00. The van der Waals surface area contributed by atoms with E-state index in [9.17, 15) is 9.59 Å². The van der Waals surface area contributed by atoms with Crippen LogP contribution in [0.25, 0.3) is 0 Å². The molecular formula is C31H37N3O3S. The smallest absolute Gasteiger partial charge is 0.248 e. The molecule has 2 aromatic carbocycles. The maximum absolute atomic E-state index is 13.2. The van der Waals surface area contributed by atoms with Gasteiger partial charge in [-0.25, -0.2) is 0 Å². The monoisotopic (exact) mass is 531 g/mol. The zero-order valence-corrected chi connectivity index (χ0v) is 23.2. The van der Waals surface area contributed by atoms with Gasteiger partial charge in [0.15, 0.2) is 0 Å². The number of carbonyl (C=O) groups is 2. The Morgan fingerprint density at radius 1 is 0.974 bits per heavy atom. The van der Waals surface area contributed by atoms with Gasteiger partial charge in [-0.2, -0.15) is 0 Å². The van der Waals surface area contributed by atoms with Gasteiger partial charge < -0.3 is 14.5 Å². The highest BCUT2D eigenvalue weighted by atomic mass is 32.1. The lowest BCUT2D eigenvalue weighted by molar-refractivity contribution is -0.146. The van der Waals surface area contributed by atoms with Crippen LogP contribution in [0.3, 0.4) is 0 Å². The highest BCUT2D eigenvalue weighted by molar-refractivity contribution is 7.10. The van der Waals surface area contributed by atoms with E-state index in [1.54, 1.807) is 0 Å². The number of rotatable bonds is 8. The normalized spacial score (nSPS) is 19.8. The van der Waals surface area contributed by atoms with Crippen molar-refractivity contribution in [3.05, 3.63) is 93.2 Å². The third kappa shape index (κ3) is 6.17. The highest BCUT2D eigenvalue weighted by Gasteiger charge is 2.32. The quantitative estimate of drug-likeness (QED) is 0.424. The van der Waals surface area contributed by atoms with Crippen molar-refractivity contribution in [3.63, 3.8) is 0 Å². The first-order valence-electron chi connectivity index (χ1n) is 13.6. The second-order valence-electron chi connectivity index (χ2n) is 10.4. The van der Waals surface area contributed by atoms with Crippen LogP contribution in [-0.2, 0) is 27.4 Å². The fourth-order valence-corrected chi connectivity index (χ4v) is 6.52. The largest absolute Gasteiger partial charge is 0.367 e. The number of aryl methyl sites for hydroxylation is 1. The molecule has 7 heteroatoms. The van der Waals surface area contributed by atoms with Gasteiger partial charge >= 0.3 is 0 Å². The van der Waals surface area contributed by atoms with Crippen molar-refractivity contribution in [1.29, 1.82) is 0 Å². The Hall–Kier alpha value is -3.00. The van der Waals surface area contributed by atoms with Crippen LogP contribution in [-0.4, -0.2) is 71.9 Å². The minimum absolute atomic E-state index is 0.0126. The first-order chi connectivity index (χ1) is 18.5. The van der Waals surface area contributed by atoms with Crippen LogP contribution < -0.4 is 0 Å². The molecule has 3 aromatic rings. The Labute approximate surface area is 229 Å². The lowest BCUT2D eigenvalue weighted by Crippen LogP contribution is -2.56. The van der Waals surface area contributed by atoms with Gasteiger partial charge in [0.25, 0.3) is 0 Å². The van der Waals surface area contributed by atoms with Gasteiger partial charge in [-0.1, -0.05) is 60.2 Å². The third-order valence-corrected chi connectivity index (χ3v) is 8.71. The van der Waals surface area contributed by atoms with E-state index in [-0.39, 0.29) is 30.5 Å². The van der Waals surface area contributed by atoms with E-state index in [4.69, 9.17) is 4.74 Å².